The molecule has 30 heavy (non-hydrogen) atoms. The van der Waals surface area contributed by atoms with Crippen molar-refractivity contribution in [1.29, 1.82) is 0 Å². The lowest BCUT2D eigenvalue weighted by Crippen LogP contribution is -2.23. The Balaban J connectivity index is 1.95. The zero-order valence-electron chi connectivity index (χ0n) is 17.5. The summed E-state index contributed by atoms with van der Waals surface area (Å²) >= 11 is 0. The maximum Gasteiger partial charge on any atom is 0.251 e. The standard InChI is InChI=1S/C24H26N2O3S/c1-4-11-30(28,29)23-13-21(20-9-5-17(2)6-10-20)12-22(14-23)24(27)26-16-19-8-7-18(3)25-15-19/h5-10,12-15H,4,11,16H2,1-3H3,(H,26,27). The molecule has 6 heteroatoms. The smallest absolute Gasteiger partial charge is 0.251 e. The van der Waals surface area contributed by atoms with Crippen LogP contribution >= 0.6 is 0 Å². The van der Waals surface area contributed by atoms with E-state index in [1.807, 2.05) is 57.2 Å². The van der Waals surface area contributed by atoms with Gasteiger partial charge in [0, 0.05) is 24.0 Å². The molecule has 0 aliphatic heterocycles. The third-order valence-corrected chi connectivity index (χ3v) is 6.71. The van der Waals surface area contributed by atoms with Gasteiger partial charge in [0.2, 0.25) is 0 Å². The molecule has 0 aliphatic carbocycles. The molecule has 2 aromatic carbocycles. The van der Waals surface area contributed by atoms with Crippen LogP contribution in [0, 0.1) is 13.8 Å². The highest BCUT2D eigenvalue weighted by atomic mass is 32.2. The number of aryl methyl sites for hydroxylation is 2. The van der Waals surface area contributed by atoms with Crippen molar-refractivity contribution in [3.05, 3.63) is 83.2 Å². The van der Waals surface area contributed by atoms with Crippen molar-refractivity contribution in [2.45, 2.75) is 38.6 Å². The Morgan fingerprint density at radius 2 is 1.70 bits per heavy atom. The Morgan fingerprint density at radius 3 is 2.33 bits per heavy atom. The van der Waals surface area contributed by atoms with Crippen molar-refractivity contribution >= 4 is 15.7 Å². The minimum atomic E-state index is -3.47. The molecule has 0 saturated heterocycles. The zero-order valence-corrected chi connectivity index (χ0v) is 18.3. The summed E-state index contributed by atoms with van der Waals surface area (Å²) in [7, 11) is -3.47. The van der Waals surface area contributed by atoms with E-state index in [9.17, 15) is 13.2 Å². The number of carbonyl (C=O) groups is 1. The highest BCUT2D eigenvalue weighted by Gasteiger charge is 2.18. The molecule has 3 aromatic rings. The lowest BCUT2D eigenvalue weighted by Gasteiger charge is -2.12. The first kappa shape index (κ1) is 21.7. The predicted octanol–water partition coefficient (Wildman–Crippen LogP) is 4.48. The fourth-order valence-corrected chi connectivity index (χ4v) is 4.48. The minimum Gasteiger partial charge on any atom is -0.348 e. The van der Waals surface area contributed by atoms with Crippen LogP contribution in [0.25, 0.3) is 11.1 Å². The second kappa shape index (κ2) is 9.22. The number of pyridine rings is 1. The number of aromatic nitrogens is 1. The molecule has 0 unspecified atom stereocenters. The summed E-state index contributed by atoms with van der Waals surface area (Å²) in [5.41, 5.74) is 4.78. The highest BCUT2D eigenvalue weighted by molar-refractivity contribution is 7.91. The van der Waals surface area contributed by atoms with E-state index in [2.05, 4.69) is 10.3 Å². The second-order valence-corrected chi connectivity index (χ2v) is 9.53. The van der Waals surface area contributed by atoms with E-state index in [4.69, 9.17) is 0 Å². The number of nitrogens with one attached hydrogen (secondary N) is 1. The maximum atomic E-state index is 12.8. The average Bonchev–Trinajstić information content (AvgIpc) is 2.73. The summed E-state index contributed by atoms with van der Waals surface area (Å²) in [5.74, 6) is -0.280. The van der Waals surface area contributed by atoms with Gasteiger partial charge in [-0.05, 0) is 61.2 Å². The Morgan fingerprint density at radius 1 is 0.967 bits per heavy atom. The monoisotopic (exact) mass is 422 g/mol. The molecule has 0 spiro atoms. The Hall–Kier alpha value is -2.99. The van der Waals surface area contributed by atoms with Crippen molar-refractivity contribution in [2.75, 3.05) is 5.75 Å². The first-order valence-electron chi connectivity index (χ1n) is 9.93. The van der Waals surface area contributed by atoms with Crippen LogP contribution in [-0.4, -0.2) is 25.1 Å². The lowest BCUT2D eigenvalue weighted by molar-refractivity contribution is 0.0950. The zero-order chi connectivity index (χ0) is 21.7. The summed E-state index contributed by atoms with van der Waals surface area (Å²) in [6.07, 6.45) is 2.23. The molecule has 0 aliphatic rings. The van der Waals surface area contributed by atoms with E-state index in [0.29, 0.717) is 24.1 Å². The molecule has 1 amide bonds. The molecule has 0 radical (unpaired) electrons. The molecule has 156 valence electrons. The van der Waals surface area contributed by atoms with Crippen LogP contribution in [0.3, 0.4) is 0 Å². The predicted molar refractivity (Wildman–Crippen MR) is 119 cm³/mol. The third-order valence-electron chi connectivity index (χ3n) is 4.81. The number of hydrogen-bond acceptors (Lipinski definition) is 4. The first-order valence-corrected chi connectivity index (χ1v) is 11.6. The van der Waals surface area contributed by atoms with Crippen molar-refractivity contribution in [2.24, 2.45) is 0 Å². The number of amides is 1. The van der Waals surface area contributed by atoms with E-state index >= 15 is 0 Å². The van der Waals surface area contributed by atoms with Crippen molar-refractivity contribution in [1.82, 2.24) is 10.3 Å². The van der Waals surface area contributed by atoms with Gasteiger partial charge in [-0.1, -0.05) is 42.8 Å². The van der Waals surface area contributed by atoms with E-state index in [1.54, 1.807) is 18.3 Å². The molecule has 5 nitrogen and oxygen atoms in total. The van der Waals surface area contributed by atoms with Crippen molar-refractivity contribution in [3.8, 4) is 11.1 Å². The van der Waals surface area contributed by atoms with E-state index in [1.165, 1.54) is 6.07 Å². The van der Waals surface area contributed by atoms with Crippen LogP contribution in [-0.2, 0) is 16.4 Å². The van der Waals surface area contributed by atoms with Crippen LogP contribution in [0.15, 0.2) is 65.7 Å². The Kier molecular flexibility index (Phi) is 6.67. The fourth-order valence-electron chi connectivity index (χ4n) is 3.10. The van der Waals surface area contributed by atoms with Crippen molar-refractivity contribution < 1.29 is 13.2 Å². The molecular formula is C24H26N2O3S. The topological polar surface area (TPSA) is 76.1 Å². The van der Waals surface area contributed by atoms with Crippen LogP contribution in [0.4, 0.5) is 0 Å². The van der Waals surface area contributed by atoms with Crippen molar-refractivity contribution in [3.63, 3.8) is 0 Å². The van der Waals surface area contributed by atoms with E-state index in [-0.39, 0.29) is 16.6 Å². The highest BCUT2D eigenvalue weighted by Crippen LogP contribution is 2.26. The van der Waals surface area contributed by atoms with Gasteiger partial charge in [-0.25, -0.2) is 8.42 Å². The minimum absolute atomic E-state index is 0.0421. The summed E-state index contributed by atoms with van der Waals surface area (Å²) in [5, 5.41) is 2.86. The molecule has 0 fully saturated rings. The lowest BCUT2D eigenvalue weighted by atomic mass is 10.0. The summed E-state index contributed by atoms with van der Waals surface area (Å²) < 4.78 is 25.4. The normalized spacial score (nSPS) is 11.3. The molecular weight excluding hydrogens is 396 g/mol. The quantitative estimate of drug-likeness (QED) is 0.609. The van der Waals surface area contributed by atoms with Crippen LogP contribution in [0.5, 0.6) is 0 Å². The van der Waals surface area contributed by atoms with Crippen LogP contribution in [0.2, 0.25) is 0 Å². The molecule has 0 saturated carbocycles. The maximum absolute atomic E-state index is 12.8. The second-order valence-electron chi connectivity index (χ2n) is 7.42. The molecule has 1 N–H and O–H groups in total. The summed E-state index contributed by atoms with van der Waals surface area (Å²) in [4.78, 5) is 17.2. The van der Waals surface area contributed by atoms with E-state index < -0.39 is 9.84 Å². The van der Waals surface area contributed by atoms with Gasteiger partial charge in [0.1, 0.15) is 0 Å². The Bertz CT molecular complexity index is 1140. The summed E-state index contributed by atoms with van der Waals surface area (Å²) in [6.45, 7) is 6.03. The largest absolute Gasteiger partial charge is 0.348 e. The number of hydrogen-bond donors (Lipinski definition) is 1. The average molecular weight is 423 g/mol. The number of sulfone groups is 1. The van der Waals surface area contributed by atoms with Gasteiger partial charge < -0.3 is 5.32 Å². The van der Waals surface area contributed by atoms with Gasteiger partial charge in [0.25, 0.3) is 5.91 Å². The van der Waals surface area contributed by atoms with E-state index in [0.717, 1.165) is 22.4 Å². The number of benzene rings is 2. The van der Waals surface area contributed by atoms with Crippen LogP contribution in [0.1, 0.15) is 40.5 Å². The summed E-state index contributed by atoms with van der Waals surface area (Å²) in [6, 6.07) is 16.4. The number of carbonyl (C=O) groups excluding carboxylic acids is 1. The van der Waals surface area contributed by atoms with Gasteiger partial charge in [-0.2, -0.15) is 0 Å². The van der Waals surface area contributed by atoms with Gasteiger partial charge in [0.05, 0.1) is 10.6 Å². The first-order chi connectivity index (χ1) is 14.3. The number of nitrogens with zero attached hydrogens (tertiary/aromatic N) is 1. The molecule has 1 heterocycles. The molecule has 3 rings (SSSR count). The third kappa shape index (κ3) is 5.33. The molecule has 1 aromatic heterocycles. The van der Waals surface area contributed by atoms with Gasteiger partial charge in [-0.3, -0.25) is 9.78 Å². The number of rotatable bonds is 7. The van der Waals surface area contributed by atoms with Gasteiger partial charge in [0.15, 0.2) is 9.84 Å². The fraction of sp³-hybridized carbons (Fsp3) is 0.250. The SMILES string of the molecule is CCCS(=O)(=O)c1cc(C(=O)NCc2ccc(C)nc2)cc(-c2ccc(C)cc2)c1. The van der Waals surface area contributed by atoms with Gasteiger partial charge in [-0.15, -0.1) is 0 Å². The molecule has 0 atom stereocenters. The van der Waals surface area contributed by atoms with Crippen LogP contribution < -0.4 is 5.32 Å². The molecule has 0 bridgehead atoms. The van der Waals surface area contributed by atoms with Gasteiger partial charge >= 0.3 is 0 Å². The Labute approximate surface area is 178 Å².